The number of anilines is 1. The molecule has 0 unspecified atom stereocenters. The monoisotopic (exact) mass is 384 g/mol. The van der Waals surface area contributed by atoms with Crippen molar-refractivity contribution in [3.05, 3.63) is 65.4 Å². The molecule has 4 nitrogen and oxygen atoms in total. The van der Waals surface area contributed by atoms with E-state index in [2.05, 4.69) is 32.6 Å². The Bertz CT molecular complexity index is 937. The van der Waals surface area contributed by atoms with Crippen molar-refractivity contribution in [3.8, 4) is 0 Å². The largest absolute Gasteiger partial charge is 0.293 e. The highest BCUT2D eigenvalue weighted by molar-refractivity contribution is 7.93. The smallest absolute Gasteiger partial charge is 0.269 e. The van der Waals surface area contributed by atoms with E-state index in [4.69, 9.17) is 0 Å². The first-order chi connectivity index (χ1) is 12.7. The van der Waals surface area contributed by atoms with Crippen LogP contribution in [0.25, 0.3) is 6.08 Å². The van der Waals surface area contributed by atoms with E-state index in [1.165, 1.54) is 4.31 Å². The zero-order chi connectivity index (χ0) is 19.8. The lowest BCUT2D eigenvalue weighted by Crippen LogP contribution is -2.44. The minimum absolute atomic E-state index is 0.311. The van der Waals surface area contributed by atoms with Crippen LogP contribution in [0.15, 0.2) is 59.1 Å². The molecular formula is C22H28N2O2S. The van der Waals surface area contributed by atoms with Crippen molar-refractivity contribution < 1.29 is 8.42 Å². The van der Waals surface area contributed by atoms with Crippen molar-refractivity contribution in [2.75, 3.05) is 10.8 Å². The van der Waals surface area contributed by atoms with Gasteiger partial charge in [-0.2, -0.15) is 0 Å². The van der Waals surface area contributed by atoms with Gasteiger partial charge in [0, 0.05) is 24.3 Å². The molecule has 0 saturated carbocycles. The molecule has 0 aromatic heterocycles. The third kappa shape index (κ3) is 3.80. The molecular weight excluding hydrogens is 356 g/mol. The van der Waals surface area contributed by atoms with Crippen molar-refractivity contribution in [2.24, 2.45) is 0 Å². The number of aryl methyl sites for hydroxylation is 1. The van der Waals surface area contributed by atoms with Crippen LogP contribution in [0.1, 0.15) is 38.8 Å². The minimum atomic E-state index is -3.66. The van der Waals surface area contributed by atoms with Gasteiger partial charge in [0.15, 0.2) is 0 Å². The maximum absolute atomic E-state index is 13.5. The van der Waals surface area contributed by atoms with Crippen molar-refractivity contribution in [1.29, 1.82) is 0 Å². The van der Waals surface area contributed by atoms with Gasteiger partial charge >= 0.3 is 0 Å². The summed E-state index contributed by atoms with van der Waals surface area (Å²) in [5.74, 6) is 0. The van der Waals surface area contributed by atoms with E-state index in [1.54, 1.807) is 12.1 Å². The number of rotatable bonds is 5. The maximum atomic E-state index is 13.5. The standard InChI is InChI=1S/C22H28N2O2S/c1-16(2)23(17(3)4)15-21-14-19-8-6-7-9-22(19)27(25,26)24(21)20-12-10-18(5)11-13-20/h6-14,16-17H,15H2,1-5H3. The van der Waals surface area contributed by atoms with Crippen molar-refractivity contribution in [2.45, 2.75) is 51.6 Å². The highest BCUT2D eigenvalue weighted by Crippen LogP contribution is 2.36. The molecule has 5 heteroatoms. The van der Waals surface area contributed by atoms with Crippen LogP contribution in [-0.2, 0) is 10.0 Å². The first-order valence-corrected chi connectivity index (χ1v) is 10.8. The summed E-state index contributed by atoms with van der Waals surface area (Å²) in [5.41, 5.74) is 3.31. The first kappa shape index (κ1) is 19.6. The van der Waals surface area contributed by atoms with Crippen molar-refractivity contribution in [3.63, 3.8) is 0 Å². The molecule has 0 amide bonds. The van der Waals surface area contributed by atoms with E-state index in [1.807, 2.05) is 49.4 Å². The Morgan fingerprint density at radius 1 is 0.926 bits per heavy atom. The van der Waals surface area contributed by atoms with Gasteiger partial charge in [-0.05, 0) is 64.5 Å². The molecule has 1 heterocycles. The molecule has 0 N–H and O–H groups in total. The number of hydrogen-bond acceptors (Lipinski definition) is 3. The number of benzene rings is 2. The van der Waals surface area contributed by atoms with Gasteiger partial charge in [0.1, 0.15) is 0 Å². The summed E-state index contributed by atoms with van der Waals surface area (Å²) < 4.78 is 28.5. The predicted molar refractivity (Wildman–Crippen MR) is 112 cm³/mol. The fourth-order valence-corrected chi connectivity index (χ4v) is 5.26. The molecule has 0 saturated heterocycles. The Morgan fingerprint density at radius 3 is 2.11 bits per heavy atom. The Kier molecular flexibility index (Phi) is 5.45. The fourth-order valence-electron chi connectivity index (χ4n) is 3.57. The Hall–Kier alpha value is -2.11. The van der Waals surface area contributed by atoms with Crippen LogP contribution in [-0.4, -0.2) is 31.9 Å². The van der Waals surface area contributed by atoms with Gasteiger partial charge in [0.2, 0.25) is 0 Å². The summed E-state index contributed by atoms with van der Waals surface area (Å²) in [6.45, 7) is 11.1. The van der Waals surface area contributed by atoms with Crippen LogP contribution in [0.2, 0.25) is 0 Å². The van der Waals surface area contributed by atoms with E-state index in [0.717, 1.165) is 16.8 Å². The highest BCUT2D eigenvalue weighted by atomic mass is 32.2. The van der Waals surface area contributed by atoms with Gasteiger partial charge in [-0.15, -0.1) is 0 Å². The summed E-state index contributed by atoms with van der Waals surface area (Å²) in [5, 5.41) is 0. The highest BCUT2D eigenvalue weighted by Gasteiger charge is 2.34. The molecule has 144 valence electrons. The molecule has 2 aromatic rings. The van der Waals surface area contributed by atoms with Crippen LogP contribution in [0.3, 0.4) is 0 Å². The average molecular weight is 385 g/mol. The van der Waals surface area contributed by atoms with Crippen molar-refractivity contribution >= 4 is 21.8 Å². The molecule has 2 aromatic carbocycles. The minimum Gasteiger partial charge on any atom is -0.293 e. The number of sulfonamides is 1. The van der Waals surface area contributed by atoms with Gasteiger partial charge in [0.25, 0.3) is 10.0 Å². The molecule has 0 bridgehead atoms. The number of fused-ring (bicyclic) bond motifs is 1. The zero-order valence-corrected chi connectivity index (χ0v) is 17.5. The molecule has 0 radical (unpaired) electrons. The summed E-state index contributed by atoms with van der Waals surface area (Å²) in [4.78, 5) is 2.66. The zero-order valence-electron chi connectivity index (χ0n) is 16.7. The molecule has 1 aliphatic rings. The second-order valence-corrected chi connectivity index (χ2v) is 9.39. The van der Waals surface area contributed by atoms with Gasteiger partial charge in [-0.25, -0.2) is 12.7 Å². The van der Waals surface area contributed by atoms with Gasteiger partial charge in [-0.1, -0.05) is 35.9 Å². The summed E-state index contributed by atoms with van der Waals surface area (Å²) in [6.07, 6.45) is 2.01. The lowest BCUT2D eigenvalue weighted by molar-refractivity contribution is 0.191. The summed E-state index contributed by atoms with van der Waals surface area (Å²) in [7, 11) is -3.66. The van der Waals surface area contributed by atoms with Gasteiger partial charge in [-0.3, -0.25) is 4.90 Å². The topological polar surface area (TPSA) is 40.6 Å². The van der Waals surface area contributed by atoms with Crippen LogP contribution in [0.4, 0.5) is 5.69 Å². The maximum Gasteiger partial charge on any atom is 0.269 e. The SMILES string of the molecule is Cc1ccc(N2C(CN(C(C)C)C(C)C)=Cc3ccccc3S2(=O)=O)cc1. The third-order valence-corrected chi connectivity index (χ3v) is 6.81. The van der Waals surface area contributed by atoms with Gasteiger partial charge < -0.3 is 0 Å². The molecule has 0 fully saturated rings. The van der Waals surface area contributed by atoms with Gasteiger partial charge in [0.05, 0.1) is 10.6 Å². The van der Waals surface area contributed by atoms with E-state index < -0.39 is 10.0 Å². The molecule has 27 heavy (non-hydrogen) atoms. The third-order valence-electron chi connectivity index (χ3n) is 4.96. The van der Waals surface area contributed by atoms with Crippen LogP contribution in [0.5, 0.6) is 0 Å². The van der Waals surface area contributed by atoms with Crippen LogP contribution in [0, 0.1) is 6.92 Å². The second-order valence-electron chi connectivity index (χ2n) is 7.64. The van der Waals surface area contributed by atoms with Crippen LogP contribution >= 0.6 is 0 Å². The second kappa shape index (κ2) is 7.49. The lowest BCUT2D eigenvalue weighted by Gasteiger charge is -2.37. The first-order valence-electron chi connectivity index (χ1n) is 9.39. The van der Waals surface area contributed by atoms with E-state index in [-0.39, 0.29) is 0 Å². The normalized spacial score (nSPS) is 16.0. The molecule has 1 aliphatic heterocycles. The lowest BCUT2D eigenvalue weighted by atomic mass is 10.1. The predicted octanol–water partition coefficient (Wildman–Crippen LogP) is 4.66. The van der Waals surface area contributed by atoms with E-state index in [0.29, 0.717) is 29.2 Å². The Labute approximate surface area is 163 Å². The number of nitrogens with zero attached hydrogens (tertiary/aromatic N) is 2. The molecule has 0 atom stereocenters. The molecule has 0 aliphatic carbocycles. The van der Waals surface area contributed by atoms with E-state index >= 15 is 0 Å². The quantitative estimate of drug-likeness (QED) is 0.752. The van der Waals surface area contributed by atoms with E-state index in [9.17, 15) is 8.42 Å². The Morgan fingerprint density at radius 2 is 1.52 bits per heavy atom. The molecule has 0 spiro atoms. The Balaban J connectivity index is 2.16. The number of hydrogen-bond donors (Lipinski definition) is 0. The summed E-state index contributed by atoms with van der Waals surface area (Å²) >= 11 is 0. The molecule has 3 rings (SSSR count). The van der Waals surface area contributed by atoms with Crippen molar-refractivity contribution in [1.82, 2.24) is 4.90 Å². The summed E-state index contributed by atoms with van der Waals surface area (Å²) in [6, 6.07) is 15.5. The van der Waals surface area contributed by atoms with Crippen LogP contribution < -0.4 is 4.31 Å². The fraction of sp³-hybridized carbons (Fsp3) is 0.364. The average Bonchev–Trinajstić information content (AvgIpc) is 2.60.